The second kappa shape index (κ2) is 11.0. The number of hydrogen-bond acceptors (Lipinski definition) is 6. The molecule has 0 bridgehead atoms. The Morgan fingerprint density at radius 1 is 1.14 bits per heavy atom. The van der Waals surface area contributed by atoms with Crippen molar-refractivity contribution in [2.45, 2.75) is 26.3 Å². The van der Waals surface area contributed by atoms with Gasteiger partial charge in [0.2, 0.25) is 5.76 Å². The Labute approximate surface area is 215 Å². The first-order valence-electron chi connectivity index (χ1n) is 12.6. The Hall–Kier alpha value is -3.98. The number of likely N-dealkylation sites (tertiary alicyclic amines) is 1. The molecule has 5 rings (SSSR count). The molecule has 2 aromatic heterocycles. The summed E-state index contributed by atoms with van der Waals surface area (Å²) in [6.07, 6.45) is 3.79. The van der Waals surface area contributed by atoms with Crippen LogP contribution < -0.4 is 5.32 Å². The number of ether oxygens (including phenoxy) is 1. The fourth-order valence-electron chi connectivity index (χ4n) is 4.84. The van der Waals surface area contributed by atoms with Crippen molar-refractivity contribution in [3.63, 3.8) is 0 Å². The van der Waals surface area contributed by atoms with Gasteiger partial charge in [-0.15, -0.1) is 0 Å². The minimum atomic E-state index is -0.120. The number of rotatable bonds is 8. The van der Waals surface area contributed by atoms with Crippen LogP contribution in [-0.4, -0.2) is 65.0 Å². The third-order valence-electron chi connectivity index (χ3n) is 6.98. The zero-order chi connectivity index (χ0) is 25.8. The number of carbonyl (C=O) groups excluding carboxylic acids is 2. The van der Waals surface area contributed by atoms with Gasteiger partial charge in [0.15, 0.2) is 0 Å². The van der Waals surface area contributed by atoms with Crippen LogP contribution in [0.4, 0.5) is 0 Å². The molecule has 4 aromatic rings. The quantitative estimate of drug-likeness (QED) is 0.367. The molecule has 0 aliphatic carbocycles. The number of methoxy groups -OCH3 is 1. The lowest BCUT2D eigenvalue weighted by Gasteiger charge is -2.31. The van der Waals surface area contributed by atoms with Crippen LogP contribution in [0.25, 0.3) is 22.2 Å². The number of fused-ring (bicyclic) bond motifs is 1. The van der Waals surface area contributed by atoms with Gasteiger partial charge in [-0.2, -0.15) is 5.10 Å². The predicted molar refractivity (Wildman–Crippen MR) is 139 cm³/mol. The molecule has 9 heteroatoms. The van der Waals surface area contributed by atoms with E-state index in [9.17, 15) is 9.59 Å². The fraction of sp³-hybridized carbons (Fsp3) is 0.357. The molecule has 1 aliphatic heterocycles. The van der Waals surface area contributed by atoms with Crippen LogP contribution in [0.15, 0.2) is 59.3 Å². The highest BCUT2D eigenvalue weighted by atomic mass is 16.5. The Morgan fingerprint density at radius 2 is 1.92 bits per heavy atom. The van der Waals surface area contributed by atoms with E-state index in [1.54, 1.807) is 13.2 Å². The number of aryl methyl sites for hydroxylation is 1. The van der Waals surface area contributed by atoms with E-state index in [1.165, 1.54) is 0 Å². The highest BCUT2D eigenvalue weighted by Gasteiger charge is 2.27. The van der Waals surface area contributed by atoms with Gasteiger partial charge < -0.3 is 19.5 Å². The van der Waals surface area contributed by atoms with E-state index >= 15 is 0 Å². The molecule has 37 heavy (non-hydrogen) atoms. The molecule has 1 N–H and O–H groups in total. The summed E-state index contributed by atoms with van der Waals surface area (Å²) in [4.78, 5) is 27.3. The Balaban J connectivity index is 1.19. The summed E-state index contributed by atoms with van der Waals surface area (Å²) in [5.41, 5.74) is 4.03. The van der Waals surface area contributed by atoms with Gasteiger partial charge in [0, 0.05) is 62.1 Å². The van der Waals surface area contributed by atoms with E-state index in [0.29, 0.717) is 43.4 Å². The van der Waals surface area contributed by atoms with E-state index in [2.05, 4.69) is 10.5 Å². The molecule has 3 heterocycles. The van der Waals surface area contributed by atoms with Gasteiger partial charge in [0.05, 0.1) is 12.1 Å². The zero-order valence-corrected chi connectivity index (χ0v) is 21.1. The van der Waals surface area contributed by atoms with Gasteiger partial charge >= 0.3 is 0 Å². The van der Waals surface area contributed by atoms with Gasteiger partial charge in [0.25, 0.3) is 11.8 Å². The zero-order valence-electron chi connectivity index (χ0n) is 21.1. The van der Waals surface area contributed by atoms with Gasteiger partial charge in [-0.1, -0.05) is 35.5 Å². The number of benzene rings is 2. The second-order valence-corrected chi connectivity index (χ2v) is 9.45. The lowest BCUT2D eigenvalue weighted by Crippen LogP contribution is -2.39. The third kappa shape index (κ3) is 5.41. The van der Waals surface area contributed by atoms with Crippen molar-refractivity contribution in [1.29, 1.82) is 0 Å². The first kappa shape index (κ1) is 24.7. The van der Waals surface area contributed by atoms with Crippen LogP contribution in [0.2, 0.25) is 0 Å². The van der Waals surface area contributed by atoms with Crippen molar-refractivity contribution >= 4 is 22.7 Å². The van der Waals surface area contributed by atoms with Gasteiger partial charge in [-0.05, 0) is 43.4 Å². The maximum atomic E-state index is 13.0. The number of carbonyl (C=O) groups is 2. The normalized spacial score (nSPS) is 14.3. The van der Waals surface area contributed by atoms with Gasteiger partial charge in [0.1, 0.15) is 5.69 Å². The summed E-state index contributed by atoms with van der Waals surface area (Å²) in [5, 5.41) is 12.7. The molecular formula is C28H31N5O4. The predicted octanol–water partition coefficient (Wildman–Crippen LogP) is 3.93. The van der Waals surface area contributed by atoms with Crippen molar-refractivity contribution in [2.24, 2.45) is 5.92 Å². The molecule has 9 nitrogen and oxygen atoms in total. The van der Waals surface area contributed by atoms with E-state index in [4.69, 9.17) is 14.4 Å². The number of nitrogens with one attached hydrogen (secondary N) is 1. The molecule has 1 fully saturated rings. The monoisotopic (exact) mass is 501 g/mol. The molecule has 0 saturated carbocycles. The number of piperidine rings is 1. The molecule has 0 radical (unpaired) electrons. The van der Waals surface area contributed by atoms with Gasteiger partial charge in [-0.3, -0.25) is 14.3 Å². The summed E-state index contributed by atoms with van der Waals surface area (Å²) in [6, 6.07) is 15.1. The molecule has 0 spiro atoms. The minimum absolute atomic E-state index is 0.108. The average Bonchev–Trinajstić information content (AvgIpc) is 3.58. The first-order valence-corrected chi connectivity index (χ1v) is 12.6. The standard InChI is InChI=1S/C28H31N5O4/c1-19-22(27(34)29-12-15-36-2)8-9-24-23(19)18-33(30-24)17-20-10-13-32(14-11-20)28(35)26-16-25(31-37-26)21-6-4-3-5-7-21/h3-9,16,18,20H,10-15,17H2,1-2H3,(H,29,34). The van der Waals surface area contributed by atoms with Gasteiger partial charge in [-0.25, -0.2) is 0 Å². The summed E-state index contributed by atoms with van der Waals surface area (Å²) in [6.45, 7) is 5.00. The Kier molecular flexibility index (Phi) is 7.32. The largest absolute Gasteiger partial charge is 0.383 e. The number of amides is 2. The van der Waals surface area contributed by atoms with Crippen molar-refractivity contribution < 1.29 is 18.8 Å². The van der Waals surface area contributed by atoms with Crippen LogP contribution in [0.1, 0.15) is 39.3 Å². The first-order chi connectivity index (χ1) is 18.0. The highest BCUT2D eigenvalue weighted by Crippen LogP contribution is 2.25. The molecule has 0 atom stereocenters. The molecule has 2 aromatic carbocycles. The fourth-order valence-corrected chi connectivity index (χ4v) is 4.84. The maximum absolute atomic E-state index is 13.0. The summed E-state index contributed by atoms with van der Waals surface area (Å²) in [7, 11) is 1.61. The molecule has 0 unspecified atom stereocenters. The lowest BCUT2D eigenvalue weighted by molar-refractivity contribution is 0.0639. The number of nitrogens with zero attached hydrogens (tertiary/aromatic N) is 4. The van der Waals surface area contributed by atoms with E-state index < -0.39 is 0 Å². The lowest BCUT2D eigenvalue weighted by atomic mass is 9.96. The Bertz CT molecular complexity index is 1390. The van der Waals surface area contributed by atoms with E-state index in [-0.39, 0.29) is 17.6 Å². The summed E-state index contributed by atoms with van der Waals surface area (Å²) in [5.74, 6) is 0.451. The van der Waals surface area contributed by atoms with E-state index in [0.717, 1.165) is 41.4 Å². The second-order valence-electron chi connectivity index (χ2n) is 9.45. The average molecular weight is 502 g/mol. The van der Waals surface area contributed by atoms with Crippen LogP contribution in [0, 0.1) is 12.8 Å². The van der Waals surface area contributed by atoms with Crippen molar-refractivity contribution in [1.82, 2.24) is 25.2 Å². The molecule has 1 aliphatic rings. The third-order valence-corrected chi connectivity index (χ3v) is 6.98. The maximum Gasteiger partial charge on any atom is 0.292 e. The smallest absolute Gasteiger partial charge is 0.292 e. The summed E-state index contributed by atoms with van der Waals surface area (Å²) < 4.78 is 12.3. The molecular weight excluding hydrogens is 470 g/mol. The number of hydrogen-bond donors (Lipinski definition) is 1. The summed E-state index contributed by atoms with van der Waals surface area (Å²) >= 11 is 0. The highest BCUT2D eigenvalue weighted by molar-refractivity contribution is 6.00. The van der Waals surface area contributed by atoms with Crippen molar-refractivity contribution in [3.05, 3.63) is 71.6 Å². The van der Waals surface area contributed by atoms with Crippen molar-refractivity contribution in [3.8, 4) is 11.3 Å². The SMILES string of the molecule is COCCNC(=O)c1ccc2nn(CC3CCN(C(=O)c4cc(-c5ccccc5)no4)CC3)cc2c1C. The van der Waals surface area contributed by atoms with Crippen LogP contribution in [0.5, 0.6) is 0 Å². The van der Waals surface area contributed by atoms with Crippen LogP contribution in [0.3, 0.4) is 0 Å². The molecule has 192 valence electrons. The molecule has 1 saturated heterocycles. The van der Waals surface area contributed by atoms with Crippen LogP contribution in [-0.2, 0) is 11.3 Å². The van der Waals surface area contributed by atoms with Crippen LogP contribution >= 0.6 is 0 Å². The minimum Gasteiger partial charge on any atom is -0.383 e. The van der Waals surface area contributed by atoms with Crippen molar-refractivity contribution in [2.75, 3.05) is 33.4 Å². The topological polar surface area (TPSA) is 102 Å². The number of aromatic nitrogens is 3. The Morgan fingerprint density at radius 3 is 2.68 bits per heavy atom. The van der Waals surface area contributed by atoms with E-state index in [1.807, 2.05) is 65.2 Å². The molecule has 2 amide bonds.